The number of hydrogen-bond donors (Lipinski definition) is 2. The van der Waals surface area contributed by atoms with Crippen LogP contribution in [0.1, 0.15) is 37.1 Å². The van der Waals surface area contributed by atoms with Gasteiger partial charge in [0.25, 0.3) is 0 Å². The minimum absolute atomic E-state index is 0.0806. The molecule has 2 aliphatic heterocycles. The van der Waals surface area contributed by atoms with Gasteiger partial charge < -0.3 is 20.7 Å². The van der Waals surface area contributed by atoms with Crippen molar-refractivity contribution in [3.05, 3.63) is 59.9 Å². The monoisotopic (exact) mass is 468 g/mol. The molecular weight excluding hydrogens is 442 g/mol. The van der Waals surface area contributed by atoms with Crippen molar-refractivity contribution in [1.82, 2.24) is 25.0 Å². The van der Waals surface area contributed by atoms with Crippen LogP contribution < -0.4 is 15.8 Å². The normalized spacial score (nSPS) is 20.1. The van der Waals surface area contributed by atoms with Gasteiger partial charge in [0.2, 0.25) is 0 Å². The van der Waals surface area contributed by atoms with Crippen LogP contribution in [0.15, 0.2) is 48.7 Å². The number of aryl methyl sites for hydroxylation is 1. The van der Waals surface area contributed by atoms with Gasteiger partial charge >= 0.3 is 12.6 Å². The number of hydrogen-bond acceptors (Lipinski definition) is 5. The molecule has 1 saturated heterocycles. The highest BCUT2D eigenvalue weighted by Crippen LogP contribution is 2.44. The summed E-state index contributed by atoms with van der Waals surface area (Å²) in [5.41, 5.74) is 8.74. The van der Waals surface area contributed by atoms with E-state index in [0.717, 1.165) is 30.6 Å². The molecule has 8 nitrogen and oxygen atoms in total. The smallest absolute Gasteiger partial charge is 0.387 e. The number of nitrogen functional groups attached to an aromatic ring is 1. The summed E-state index contributed by atoms with van der Waals surface area (Å²) in [5, 5.41) is 7.76. The molecule has 0 saturated carbocycles. The topological polar surface area (TPSA) is 98.3 Å². The van der Waals surface area contributed by atoms with Crippen LogP contribution >= 0.6 is 0 Å². The third-order valence-electron chi connectivity index (χ3n) is 6.80. The Kier molecular flexibility index (Phi) is 5.59. The number of nitrogens with two attached hydrogens (primary N) is 1. The molecule has 10 heteroatoms. The Bertz CT molecular complexity index is 1200. The molecule has 5 rings (SSSR count). The number of nitrogens with zero attached hydrogens (tertiary/aromatic N) is 4. The lowest BCUT2D eigenvalue weighted by molar-refractivity contribution is -0.0494. The van der Waals surface area contributed by atoms with Gasteiger partial charge in [-0.1, -0.05) is 30.3 Å². The summed E-state index contributed by atoms with van der Waals surface area (Å²) in [7, 11) is 0. The van der Waals surface area contributed by atoms with Crippen molar-refractivity contribution in [3.8, 4) is 17.0 Å². The molecule has 3 N–H and O–H groups in total. The quantitative estimate of drug-likeness (QED) is 0.591. The number of aromatic nitrogens is 3. The number of carbonyl (C=O) groups excluding carboxylic acids is 1. The van der Waals surface area contributed by atoms with Crippen LogP contribution in [0.2, 0.25) is 0 Å². The molecular formula is C24H26F2N6O2. The molecule has 1 aromatic carbocycles. The van der Waals surface area contributed by atoms with Crippen molar-refractivity contribution in [2.24, 2.45) is 0 Å². The number of ether oxygens (including phenoxy) is 1. The van der Waals surface area contributed by atoms with Gasteiger partial charge in [0.1, 0.15) is 0 Å². The molecule has 0 aliphatic carbocycles. The number of halogens is 2. The van der Waals surface area contributed by atoms with Crippen LogP contribution in [0.25, 0.3) is 11.3 Å². The van der Waals surface area contributed by atoms with Crippen molar-refractivity contribution < 1.29 is 18.3 Å². The predicted molar refractivity (Wildman–Crippen MR) is 122 cm³/mol. The van der Waals surface area contributed by atoms with E-state index in [1.807, 2.05) is 52.9 Å². The van der Waals surface area contributed by atoms with E-state index < -0.39 is 6.61 Å². The maximum Gasteiger partial charge on any atom is 0.387 e. The molecule has 2 aliphatic rings. The molecule has 4 heterocycles. The molecule has 34 heavy (non-hydrogen) atoms. The summed E-state index contributed by atoms with van der Waals surface area (Å²) >= 11 is 0. The van der Waals surface area contributed by atoms with Crippen molar-refractivity contribution >= 4 is 11.8 Å². The number of nitrogens with one attached hydrogen (secondary N) is 1. The molecule has 2 atom stereocenters. The minimum Gasteiger partial charge on any atom is -0.431 e. The summed E-state index contributed by atoms with van der Waals surface area (Å²) in [5.74, 6) is -0.277. The SMILES string of the molecule is C[C@@H](NC(=O)N1CC[C@@]2(CCn3nc(-c4cnc(N)c(OC(F)F)c4)cc32)C1)c1ccccc1. The van der Waals surface area contributed by atoms with Crippen LogP contribution in [0.5, 0.6) is 5.75 Å². The van der Waals surface area contributed by atoms with E-state index in [4.69, 9.17) is 5.73 Å². The zero-order valence-corrected chi connectivity index (χ0v) is 18.7. The second-order valence-corrected chi connectivity index (χ2v) is 8.91. The van der Waals surface area contributed by atoms with Crippen molar-refractivity contribution in [2.75, 3.05) is 18.8 Å². The van der Waals surface area contributed by atoms with Crippen LogP contribution in [0, 0.1) is 0 Å². The summed E-state index contributed by atoms with van der Waals surface area (Å²) in [4.78, 5) is 18.8. The number of pyridine rings is 1. The fourth-order valence-electron chi connectivity index (χ4n) is 4.95. The minimum atomic E-state index is -2.99. The van der Waals surface area contributed by atoms with Gasteiger partial charge in [0.15, 0.2) is 11.6 Å². The van der Waals surface area contributed by atoms with Crippen LogP contribution in [0.4, 0.5) is 19.4 Å². The summed E-state index contributed by atoms with van der Waals surface area (Å²) in [6.45, 7) is 0.973. The third-order valence-corrected chi connectivity index (χ3v) is 6.80. The van der Waals surface area contributed by atoms with Gasteiger partial charge in [0, 0.05) is 42.5 Å². The standard InChI is InChI=1S/C24H26F2N6O2/c1-15(16-5-3-2-4-6-16)29-23(33)31-9-7-24(14-31)8-10-32-20(24)12-18(30-32)17-11-19(34-22(25)26)21(27)28-13-17/h2-6,11-13,15,22H,7-10,14H2,1H3,(H2,27,28)(H,29,33)/t15-,24-/m1/s1. The first-order valence-corrected chi connectivity index (χ1v) is 11.2. The largest absolute Gasteiger partial charge is 0.431 e. The van der Waals surface area contributed by atoms with Gasteiger partial charge in [-0.25, -0.2) is 9.78 Å². The Hall–Kier alpha value is -3.69. The Balaban J connectivity index is 1.32. The Morgan fingerprint density at radius 2 is 1.97 bits per heavy atom. The molecule has 1 fully saturated rings. The lowest BCUT2D eigenvalue weighted by Gasteiger charge is -2.25. The number of urea groups is 1. The number of carbonyl (C=O) groups is 1. The molecule has 3 aromatic rings. The first-order valence-electron chi connectivity index (χ1n) is 11.2. The highest BCUT2D eigenvalue weighted by Gasteiger charge is 2.47. The van der Waals surface area contributed by atoms with Crippen molar-refractivity contribution in [1.29, 1.82) is 0 Å². The Morgan fingerprint density at radius 1 is 1.21 bits per heavy atom. The maximum absolute atomic E-state index is 13.0. The molecule has 2 aromatic heterocycles. The van der Waals surface area contributed by atoms with Gasteiger partial charge in [-0.2, -0.15) is 13.9 Å². The van der Waals surface area contributed by atoms with E-state index in [-0.39, 0.29) is 29.1 Å². The summed E-state index contributed by atoms with van der Waals surface area (Å²) < 4.78 is 31.8. The zero-order valence-electron chi connectivity index (χ0n) is 18.7. The van der Waals surface area contributed by atoms with E-state index in [1.165, 1.54) is 12.3 Å². The molecule has 0 bridgehead atoms. The van der Waals surface area contributed by atoms with Crippen LogP contribution in [-0.4, -0.2) is 45.4 Å². The number of anilines is 1. The predicted octanol–water partition coefficient (Wildman–Crippen LogP) is 3.95. The highest BCUT2D eigenvalue weighted by molar-refractivity contribution is 5.75. The van der Waals surface area contributed by atoms with Gasteiger partial charge in [-0.15, -0.1) is 0 Å². The second kappa shape index (κ2) is 8.58. The van der Waals surface area contributed by atoms with Gasteiger partial charge in [0.05, 0.1) is 11.7 Å². The fraction of sp³-hybridized carbons (Fsp3) is 0.375. The number of likely N-dealkylation sites (tertiary alicyclic amines) is 1. The first-order chi connectivity index (χ1) is 16.3. The molecule has 1 spiro atoms. The zero-order chi connectivity index (χ0) is 23.9. The number of rotatable bonds is 5. The lowest BCUT2D eigenvalue weighted by Crippen LogP contribution is -2.41. The van der Waals surface area contributed by atoms with Crippen LogP contribution in [-0.2, 0) is 12.0 Å². The van der Waals surface area contributed by atoms with E-state index in [1.54, 1.807) is 0 Å². The Morgan fingerprint density at radius 3 is 2.74 bits per heavy atom. The number of alkyl halides is 2. The van der Waals surface area contributed by atoms with E-state index in [0.29, 0.717) is 24.3 Å². The van der Waals surface area contributed by atoms with E-state index in [9.17, 15) is 13.6 Å². The molecule has 0 radical (unpaired) electrons. The average Bonchev–Trinajstić information content (AvgIpc) is 3.52. The molecule has 178 valence electrons. The van der Waals surface area contributed by atoms with E-state index in [2.05, 4.69) is 20.1 Å². The van der Waals surface area contributed by atoms with E-state index >= 15 is 0 Å². The Labute approximate surface area is 195 Å². The second-order valence-electron chi connectivity index (χ2n) is 8.91. The molecule has 0 unspecified atom stereocenters. The number of amides is 2. The summed E-state index contributed by atoms with van der Waals surface area (Å²) in [6, 6.07) is 13.1. The summed E-state index contributed by atoms with van der Waals surface area (Å²) in [6.07, 6.45) is 3.23. The lowest BCUT2D eigenvalue weighted by atomic mass is 9.82. The first kappa shape index (κ1) is 22.1. The van der Waals surface area contributed by atoms with Crippen molar-refractivity contribution in [2.45, 2.75) is 44.4 Å². The third kappa shape index (κ3) is 4.04. The number of benzene rings is 1. The van der Waals surface area contributed by atoms with Crippen molar-refractivity contribution in [3.63, 3.8) is 0 Å². The van der Waals surface area contributed by atoms with Gasteiger partial charge in [-0.3, -0.25) is 4.68 Å². The highest BCUT2D eigenvalue weighted by atomic mass is 19.3. The van der Waals surface area contributed by atoms with Gasteiger partial charge in [-0.05, 0) is 37.5 Å². The average molecular weight is 469 g/mol. The maximum atomic E-state index is 13.0. The molecule has 2 amide bonds. The number of fused-ring (bicyclic) bond motifs is 2. The fourth-order valence-corrected chi connectivity index (χ4v) is 4.95. The van der Waals surface area contributed by atoms with Crippen LogP contribution in [0.3, 0.4) is 0 Å².